The number of hydrogen-bond acceptors (Lipinski definition) is 1. The normalized spacial score (nSPS) is 17.6. The van der Waals surface area contributed by atoms with Crippen LogP contribution in [0.25, 0.3) is 0 Å². The quantitative estimate of drug-likeness (QED) is 0.804. The highest BCUT2D eigenvalue weighted by Gasteiger charge is 2.14. The summed E-state index contributed by atoms with van der Waals surface area (Å²) < 4.78 is 0. The van der Waals surface area contributed by atoms with E-state index in [2.05, 4.69) is 43.0 Å². The van der Waals surface area contributed by atoms with Gasteiger partial charge in [-0.15, -0.1) is 0 Å². The average Bonchev–Trinajstić information content (AvgIpc) is 2.47. The first-order chi connectivity index (χ1) is 9.29. The van der Waals surface area contributed by atoms with Gasteiger partial charge in [0.15, 0.2) is 0 Å². The molecule has 0 radical (unpaired) electrons. The molecular weight excluding hydrogens is 230 g/mol. The SMILES string of the molecule is CCCC(N)C#Cc1ccc(C2CCCCC2)cc1. The summed E-state index contributed by atoms with van der Waals surface area (Å²) in [5.41, 5.74) is 8.48. The van der Waals surface area contributed by atoms with E-state index in [1.165, 1.54) is 37.7 Å². The first kappa shape index (κ1) is 14.2. The molecular formula is C18H25N. The van der Waals surface area contributed by atoms with Crippen molar-refractivity contribution < 1.29 is 0 Å². The van der Waals surface area contributed by atoms with Gasteiger partial charge in [0, 0.05) is 5.56 Å². The van der Waals surface area contributed by atoms with E-state index < -0.39 is 0 Å². The van der Waals surface area contributed by atoms with Gasteiger partial charge in [-0.3, -0.25) is 0 Å². The van der Waals surface area contributed by atoms with Crippen molar-refractivity contribution in [3.05, 3.63) is 35.4 Å². The molecule has 0 spiro atoms. The highest BCUT2D eigenvalue weighted by molar-refractivity contribution is 5.38. The smallest absolute Gasteiger partial charge is 0.0668 e. The van der Waals surface area contributed by atoms with Crippen LogP contribution in [0.1, 0.15) is 68.9 Å². The largest absolute Gasteiger partial charge is 0.318 e. The van der Waals surface area contributed by atoms with E-state index in [1.807, 2.05) is 0 Å². The molecule has 1 fully saturated rings. The second-order valence-electron chi connectivity index (χ2n) is 5.62. The van der Waals surface area contributed by atoms with E-state index in [-0.39, 0.29) is 6.04 Å². The van der Waals surface area contributed by atoms with Crippen LogP contribution in [-0.4, -0.2) is 6.04 Å². The summed E-state index contributed by atoms with van der Waals surface area (Å²) in [6, 6.07) is 8.82. The van der Waals surface area contributed by atoms with Gasteiger partial charge in [-0.05, 0) is 42.9 Å². The molecule has 1 aliphatic carbocycles. The van der Waals surface area contributed by atoms with E-state index in [1.54, 1.807) is 0 Å². The molecule has 1 aromatic carbocycles. The van der Waals surface area contributed by atoms with Crippen molar-refractivity contribution >= 4 is 0 Å². The molecule has 0 heterocycles. The number of rotatable bonds is 3. The van der Waals surface area contributed by atoms with Crippen LogP contribution in [0.5, 0.6) is 0 Å². The molecule has 1 unspecified atom stereocenters. The fourth-order valence-corrected chi connectivity index (χ4v) is 2.83. The summed E-state index contributed by atoms with van der Waals surface area (Å²) >= 11 is 0. The Morgan fingerprint density at radius 2 is 1.84 bits per heavy atom. The van der Waals surface area contributed by atoms with E-state index >= 15 is 0 Å². The third kappa shape index (κ3) is 4.40. The van der Waals surface area contributed by atoms with Gasteiger partial charge in [0.2, 0.25) is 0 Å². The van der Waals surface area contributed by atoms with E-state index in [0.29, 0.717) is 0 Å². The van der Waals surface area contributed by atoms with Gasteiger partial charge in [-0.1, -0.05) is 56.6 Å². The second-order valence-corrected chi connectivity index (χ2v) is 5.62. The van der Waals surface area contributed by atoms with Gasteiger partial charge >= 0.3 is 0 Å². The van der Waals surface area contributed by atoms with Crippen LogP contribution in [0.15, 0.2) is 24.3 Å². The molecule has 19 heavy (non-hydrogen) atoms. The fraction of sp³-hybridized carbons (Fsp3) is 0.556. The van der Waals surface area contributed by atoms with Gasteiger partial charge in [0.25, 0.3) is 0 Å². The lowest BCUT2D eigenvalue weighted by atomic mass is 9.84. The third-order valence-corrected chi connectivity index (χ3v) is 3.99. The van der Waals surface area contributed by atoms with Crippen LogP contribution in [0.4, 0.5) is 0 Å². The second kappa shape index (κ2) is 7.36. The van der Waals surface area contributed by atoms with Crippen molar-refractivity contribution in [1.29, 1.82) is 0 Å². The lowest BCUT2D eigenvalue weighted by Gasteiger charge is -2.21. The molecule has 0 bridgehead atoms. The Bertz CT molecular complexity index is 429. The van der Waals surface area contributed by atoms with Gasteiger partial charge in [0.1, 0.15) is 0 Å². The Morgan fingerprint density at radius 3 is 2.47 bits per heavy atom. The van der Waals surface area contributed by atoms with Gasteiger partial charge in [-0.2, -0.15) is 0 Å². The molecule has 1 heteroatoms. The Balaban J connectivity index is 1.97. The van der Waals surface area contributed by atoms with E-state index in [4.69, 9.17) is 5.73 Å². The number of benzene rings is 1. The topological polar surface area (TPSA) is 26.0 Å². The summed E-state index contributed by atoms with van der Waals surface area (Å²) in [6.45, 7) is 2.14. The molecule has 2 rings (SSSR count). The Morgan fingerprint density at radius 1 is 1.16 bits per heavy atom. The average molecular weight is 255 g/mol. The molecule has 1 saturated carbocycles. The zero-order valence-electron chi connectivity index (χ0n) is 12.0. The molecule has 102 valence electrons. The van der Waals surface area contributed by atoms with Crippen molar-refractivity contribution in [1.82, 2.24) is 0 Å². The summed E-state index contributed by atoms with van der Waals surface area (Å²) in [5.74, 6) is 7.09. The molecule has 2 N–H and O–H groups in total. The van der Waals surface area contributed by atoms with Crippen LogP contribution in [0.3, 0.4) is 0 Å². The fourth-order valence-electron chi connectivity index (χ4n) is 2.83. The molecule has 1 aromatic rings. The number of hydrogen-bond donors (Lipinski definition) is 1. The predicted molar refractivity (Wildman–Crippen MR) is 82.0 cm³/mol. The van der Waals surface area contributed by atoms with Crippen LogP contribution in [-0.2, 0) is 0 Å². The van der Waals surface area contributed by atoms with Crippen molar-refractivity contribution in [2.24, 2.45) is 5.73 Å². The van der Waals surface area contributed by atoms with E-state index in [9.17, 15) is 0 Å². The summed E-state index contributed by atoms with van der Waals surface area (Å²) in [7, 11) is 0. The molecule has 0 aromatic heterocycles. The highest BCUT2D eigenvalue weighted by atomic mass is 14.6. The minimum Gasteiger partial charge on any atom is -0.318 e. The Hall–Kier alpha value is -1.26. The molecule has 0 saturated heterocycles. The number of nitrogens with two attached hydrogens (primary N) is 1. The zero-order chi connectivity index (χ0) is 13.5. The maximum absolute atomic E-state index is 5.91. The van der Waals surface area contributed by atoms with Crippen molar-refractivity contribution in [3.8, 4) is 11.8 Å². The monoisotopic (exact) mass is 255 g/mol. The van der Waals surface area contributed by atoms with E-state index in [0.717, 1.165) is 24.3 Å². The van der Waals surface area contributed by atoms with Gasteiger partial charge in [0.05, 0.1) is 6.04 Å². The maximum atomic E-state index is 5.91. The first-order valence-corrected chi connectivity index (χ1v) is 7.66. The summed E-state index contributed by atoms with van der Waals surface area (Å²) in [6.07, 6.45) is 8.97. The maximum Gasteiger partial charge on any atom is 0.0668 e. The minimum absolute atomic E-state index is 0.0167. The highest BCUT2D eigenvalue weighted by Crippen LogP contribution is 2.32. The zero-order valence-corrected chi connectivity index (χ0v) is 12.0. The molecule has 1 atom stereocenters. The van der Waals surface area contributed by atoms with Crippen LogP contribution in [0.2, 0.25) is 0 Å². The third-order valence-electron chi connectivity index (χ3n) is 3.99. The summed E-state index contributed by atoms with van der Waals surface area (Å²) in [4.78, 5) is 0. The van der Waals surface area contributed by atoms with Crippen molar-refractivity contribution in [2.75, 3.05) is 0 Å². The molecule has 0 aliphatic heterocycles. The Kier molecular flexibility index (Phi) is 5.48. The van der Waals surface area contributed by atoms with Crippen LogP contribution in [0, 0.1) is 11.8 Å². The van der Waals surface area contributed by atoms with Crippen LogP contribution >= 0.6 is 0 Å². The lowest BCUT2D eigenvalue weighted by molar-refractivity contribution is 0.443. The minimum atomic E-state index is 0.0167. The van der Waals surface area contributed by atoms with Gasteiger partial charge < -0.3 is 5.73 Å². The van der Waals surface area contributed by atoms with Crippen molar-refractivity contribution in [3.63, 3.8) is 0 Å². The van der Waals surface area contributed by atoms with Gasteiger partial charge in [-0.25, -0.2) is 0 Å². The molecule has 0 amide bonds. The Labute approximate surface area is 117 Å². The molecule has 1 aliphatic rings. The summed E-state index contributed by atoms with van der Waals surface area (Å²) in [5, 5.41) is 0. The lowest BCUT2D eigenvalue weighted by Crippen LogP contribution is -2.16. The van der Waals surface area contributed by atoms with Crippen LogP contribution < -0.4 is 5.73 Å². The van der Waals surface area contributed by atoms with Crippen molar-refractivity contribution in [2.45, 2.75) is 63.8 Å². The standard InChI is InChI=1S/C18H25N/c1-2-6-18(19)14-11-15-9-12-17(13-10-15)16-7-4-3-5-8-16/h9-10,12-13,16,18H,2-8,19H2,1H3. The predicted octanol–water partition coefficient (Wildman–Crippen LogP) is 4.21. The first-order valence-electron chi connectivity index (χ1n) is 7.66. The molecule has 1 nitrogen and oxygen atoms in total.